The van der Waals surface area contributed by atoms with Crippen LogP contribution in [0, 0.1) is 6.92 Å². The molecule has 0 fully saturated rings. The van der Waals surface area contributed by atoms with Crippen molar-refractivity contribution < 1.29 is 4.74 Å². The molecule has 1 aromatic carbocycles. The van der Waals surface area contributed by atoms with E-state index >= 15 is 0 Å². The Hall–Kier alpha value is -0.980. The highest BCUT2D eigenvalue weighted by atomic mass is 16.5. The average molecular weight is 194 g/mol. The molecule has 1 aromatic rings. The lowest BCUT2D eigenvalue weighted by Gasteiger charge is -2.01. The highest BCUT2D eigenvalue weighted by molar-refractivity contribution is 5.26. The highest BCUT2D eigenvalue weighted by Crippen LogP contribution is 2.10. The first-order valence-electron chi connectivity index (χ1n) is 5.44. The normalized spacial score (nSPS) is 8.86. The van der Waals surface area contributed by atoms with Crippen molar-refractivity contribution in [2.45, 2.75) is 40.5 Å². The van der Waals surface area contributed by atoms with E-state index in [-0.39, 0.29) is 0 Å². The van der Waals surface area contributed by atoms with Crippen LogP contribution < -0.4 is 4.74 Å². The minimum atomic E-state index is 0.739. The fourth-order valence-electron chi connectivity index (χ4n) is 0.801. The maximum absolute atomic E-state index is 5.26. The lowest BCUT2D eigenvalue weighted by molar-refractivity contribution is 0.340. The summed E-state index contributed by atoms with van der Waals surface area (Å²) < 4.78 is 5.26. The van der Waals surface area contributed by atoms with Gasteiger partial charge in [0.15, 0.2) is 0 Å². The zero-order valence-corrected chi connectivity index (χ0v) is 9.84. The van der Waals surface area contributed by atoms with E-state index < -0.39 is 0 Å². The minimum absolute atomic E-state index is 0.739. The summed E-state index contributed by atoms with van der Waals surface area (Å²) in [5.41, 5.74) is 1.27. The highest BCUT2D eigenvalue weighted by Gasteiger charge is 1.87. The molecule has 0 N–H and O–H groups in total. The van der Waals surface area contributed by atoms with E-state index in [1.165, 1.54) is 18.4 Å². The van der Waals surface area contributed by atoms with Crippen LogP contribution >= 0.6 is 0 Å². The third-order valence-electron chi connectivity index (χ3n) is 1.83. The molecule has 0 bridgehead atoms. The molecule has 0 aliphatic heterocycles. The summed E-state index contributed by atoms with van der Waals surface area (Å²) in [5.74, 6) is 0.952. The second-order valence-electron chi connectivity index (χ2n) is 3.25. The molecular formula is C13H22O. The standard InChI is InChI=1S/C9H12O.C4H10/c1-3-10-9-6-4-8(2)5-7-9;1-3-4-2/h4-7H,3H2,1-2H3;3-4H2,1-2H3. The summed E-state index contributed by atoms with van der Waals surface area (Å²) in [4.78, 5) is 0. The Morgan fingerprint density at radius 1 is 0.929 bits per heavy atom. The van der Waals surface area contributed by atoms with Gasteiger partial charge in [0.1, 0.15) is 5.75 Å². The van der Waals surface area contributed by atoms with E-state index in [0.717, 1.165) is 12.4 Å². The van der Waals surface area contributed by atoms with Gasteiger partial charge in [-0.05, 0) is 26.0 Å². The summed E-state index contributed by atoms with van der Waals surface area (Å²) in [5, 5.41) is 0. The van der Waals surface area contributed by atoms with E-state index in [0.29, 0.717) is 0 Å². The van der Waals surface area contributed by atoms with Gasteiger partial charge in [0, 0.05) is 0 Å². The maximum atomic E-state index is 5.26. The molecule has 14 heavy (non-hydrogen) atoms. The molecule has 0 aromatic heterocycles. The van der Waals surface area contributed by atoms with Gasteiger partial charge in [0.25, 0.3) is 0 Å². The second-order valence-corrected chi connectivity index (χ2v) is 3.25. The van der Waals surface area contributed by atoms with Crippen LogP contribution in [-0.2, 0) is 0 Å². The Labute approximate surface area is 88.1 Å². The molecule has 0 spiro atoms. The van der Waals surface area contributed by atoms with Crippen molar-refractivity contribution in [3.63, 3.8) is 0 Å². The summed E-state index contributed by atoms with van der Waals surface area (Å²) >= 11 is 0. The number of ether oxygens (including phenoxy) is 1. The third-order valence-corrected chi connectivity index (χ3v) is 1.83. The van der Waals surface area contributed by atoms with Gasteiger partial charge in [-0.3, -0.25) is 0 Å². The molecule has 0 amide bonds. The van der Waals surface area contributed by atoms with Crippen LogP contribution in [0.1, 0.15) is 39.2 Å². The molecule has 1 nitrogen and oxygen atoms in total. The summed E-state index contributed by atoms with van der Waals surface area (Å²) in [6, 6.07) is 8.06. The van der Waals surface area contributed by atoms with E-state index in [1.807, 2.05) is 31.2 Å². The lowest BCUT2D eigenvalue weighted by Crippen LogP contribution is -1.90. The SMILES string of the molecule is CCCC.CCOc1ccc(C)cc1. The van der Waals surface area contributed by atoms with Crippen molar-refractivity contribution >= 4 is 0 Å². The number of hydrogen-bond acceptors (Lipinski definition) is 1. The van der Waals surface area contributed by atoms with Crippen molar-refractivity contribution in [3.05, 3.63) is 29.8 Å². The van der Waals surface area contributed by atoms with Crippen molar-refractivity contribution in [2.75, 3.05) is 6.61 Å². The summed E-state index contributed by atoms with van der Waals surface area (Å²) in [6.07, 6.45) is 2.64. The van der Waals surface area contributed by atoms with Crippen molar-refractivity contribution in [3.8, 4) is 5.75 Å². The van der Waals surface area contributed by atoms with Crippen LogP contribution in [0.25, 0.3) is 0 Å². The summed E-state index contributed by atoms with van der Waals surface area (Å²) in [7, 11) is 0. The first kappa shape index (κ1) is 13.0. The smallest absolute Gasteiger partial charge is 0.119 e. The molecule has 0 unspecified atom stereocenters. The van der Waals surface area contributed by atoms with Gasteiger partial charge in [-0.15, -0.1) is 0 Å². The monoisotopic (exact) mass is 194 g/mol. The van der Waals surface area contributed by atoms with Crippen LogP contribution in [0.4, 0.5) is 0 Å². The molecule has 0 radical (unpaired) electrons. The van der Waals surface area contributed by atoms with Gasteiger partial charge in [-0.1, -0.05) is 44.4 Å². The van der Waals surface area contributed by atoms with Crippen LogP contribution in [0.3, 0.4) is 0 Å². The molecule has 1 rings (SSSR count). The molecule has 0 aliphatic rings. The largest absolute Gasteiger partial charge is 0.494 e. The summed E-state index contributed by atoms with van der Waals surface area (Å²) in [6.45, 7) is 9.15. The van der Waals surface area contributed by atoms with E-state index in [2.05, 4.69) is 20.8 Å². The zero-order chi connectivity index (χ0) is 10.8. The van der Waals surface area contributed by atoms with E-state index in [9.17, 15) is 0 Å². The molecule has 1 heteroatoms. The maximum Gasteiger partial charge on any atom is 0.119 e. The predicted octanol–water partition coefficient (Wildman–Crippen LogP) is 4.20. The average Bonchev–Trinajstić information content (AvgIpc) is 2.22. The van der Waals surface area contributed by atoms with Crippen LogP contribution in [-0.4, -0.2) is 6.61 Å². The molecule has 0 saturated carbocycles. The van der Waals surface area contributed by atoms with Crippen LogP contribution in [0.2, 0.25) is 0 Å². The van der Waals surface area contributed by atoms with Crippen molar-refractivity contribution in [1.82, 2.24) is 0 Å². The van der Waals surface area contributed by atoms with Crippen LogP contribution in [0.5, 0.6) is 5.75 Å². The lowest BCUT2D eigenvalue weighted by atomic mass is 10.2. The van der Waals surface area contributed by atoms with E-state index in [4.69, 9.17) is 4.74 Å². The third kappa shape index (κ3) is 6.53. The zero-order valence-electron chi connectivity index (χ0n) is 9.84. The topological polar surface area (TPSA) is 9.23 Å². The quantitative estimate of drug-likeness (QED) is 0.700. The number of aryl methyl sites for hydroxylation is 1. The number of unbranched alkanes of at least 4 members (excludes halogenated alkanes) is 1. The van der Waals surface area contributed by atoms with Gasteiger partial charge in [0.05, 0.1) is 6.61 Å². The molecule has 0 heterocycles. The first-order chi connectivity index (χ1) is 6.74. The fourth-order valence-corrected chi connectivity index (χ4v) is 0.801. The first-order valence-corrected chi connectivity index (χ1v) is 5.44. The Balaban J connectivity index is 0.000000364. The van der Waals surface area contributed by atoms with Gasteiger partial charge >= 0.3 is 0 Å². The van der Waals surface area contributed by atoms with E-state index in [1.54, 1.807) is 0 Å². The Morgan fingerprint density at radius 3 is 1.79 bits per heavy atom. The molecule has 80 valence electrons. The minimum Gasteiger partial charge on any atom is -0.494 e. The Morgan fingerprint density at radius 2 is 1.43 bits per heavy atom. The van der Waals surface area contributed by atoms with Crippen molar-refractivity contribution in [2.24, 2.45) is 0 Å². The Bertz CT molecular complexity index is 211. The molecule has 0 atom stereocenters. The number of rotatable bonds is 3. The molecular weight excluding hydrogens is 172 g/mol. The van der Waals surface area contributed by atoms with Crippen molar-refractivity contribution in [1.29, 1.82) is 0 Å². The predicted molar refractivity (Wildman–Crippen MR) is 62.9 cm³/mol. The van der Waals surface area contributed by atoms with Gasteiger partial charge in [0.2, 0.25) is 0 Å². The molecule has 0 saturated heterocycles. The second kappa shape index (κ2) is 8.61. The molecule has 0 aliphatic carbocycles. The van der Waals surface area contributed by atoms with Crippen LogP contribution in [0.15, 0.2) is 24.3 Å². The van der Waals surface area contributed by atoms with Gasteiger partial charge in [-0.25, -0.2) is 0 Å². The fraction of sp³-hybridized carbons (Fsp3) is 0.538. The number of hydrogen-bond donors (Lipinski definition) is 0. The van der Waals surface area contributed by atoms with Gasteiger partial charge in [-0.2, -0.15) is 0 Å². The Kier molecular flexibility index (Phi) is 8.01. The van der Waals surface area contributed by atoms with Gasteiger partial charge < -0.3 is 4.74 Å². The number of benzene rings is 1.